The summed E-state index contributed by atoms with van der Waals surface area (Å²) in [5, 5.41) is 0. The molecule has 2 aromatic carbocycles. The molecule has 23 heavy (non-hydrogen) atoms. The van der Waals surface area contributed by atoms with Crippen molar-refractivity contribution in [3.63, 3.8) is 0 Å². The van der Waals surface area contributed by atoms with Gasteiger partial charge in [-0.3, -0.25) is 4.79 Å². The highest BCUT2D eigenvalue weighted by molar-refractivity contribution is 7.89. The molecule has 0 fully saturated rings. The van der Waals surface area contributed by atoms with E-state index in [1.807, 2.05) is 31.2 Å². The maximum Gasteiger partial charge on any atom is 0.307 e. The van der Waals surface area contributed by atoms with Crippen LogP contribution in [0.2, 0.25) is 0 Å². The Morgan fingerprint density at radius 1 is 1.17 bits per heavy atom. The highest BCUT2D eigenvalue weighted by Crippen LogP contribution is 2.21. The standard InChI is InChI=1S/C16H16N2O3S2/c1-11-5-3-4-6-12(11)10-17-23(20,21)13-7-8-14-15(9-13)22-16(19)18(14)2/h3-9,17H,10H2,1-2H3. The number of benzene rings is 2. The molecule has 0 atom stereocenters. The van der Waals surface area contributed by atoms with Gasteiger partial charge < -0.3 is 4.57 Å². The molecule has 0 radical (unpaired) electrons. The van der Waals surface area contributed by atoms with E-state index < -0.39 is 10.0 Å². The average Bonchev–Trinajstić information content (AvgIpc) is 2.81. The largest absolute Gasteiger partial charge is 0.307 e. The van der Waals surface area contributed by atoms with Gasteiger partial charge in [-0.1, -0.05) is 35.6 Å². The van der Waals surface area contributed by atoms with Crippen LogP contribution in [0.3, 0.4) is 0 Å². The number of hydrogen-bond donors (Lipinski definition) is 1. The maximum atomic E-state index is 12.5. The second-order valence-corrected chi connectivity index (χ2v) is 8.07. The van der Waals surface area contributed by atoms with E-state index in [1.54, 1.807) is 19.2 Å². The predicted octanol–water partition coefficient (Wildman–Crippen LogP) is 2.39. The van der Waals surface area contributed by atoms with E-state index in [2.05, 4.69) is 4.72 Å². The van der Waals surface area contributed by atoms with Crippen LogP contribution in [0.4, 0.5) is 0 Å². The third kappa shape index (κ3) is 3.08. The van der Waals surface area contributed by atoms with E-state index in [0.29, 0.717) is 4.70 Å². The van der Waals surface area contributed by atoms with Gasteiger partial charge in [0, 0.05) is 13.6 Å². The maximum absolute atomic E-state index is 12.5. The summed E-state index contributed by atoms with van der Waals surface area (Å²) in [5.41, 5.74) is 2.70. The first kappa shape index (κ1) is 15.9. The molecule has 0 spiro atoms. The van der Waals surface area contributed by atoms with Crippen molar-refractivity contribution in [2.45, 2.75) is 18.4 Å². The van der Waals surface area contributed by atoms with Crippen LogP contribution in [0.25, 0.3) is 10.2 Å². The van der Waals surface area contributed by atoms with Crippen molar-refractivity contribution in [3.8, 4) is 0 Å². The molecule has 0 unspecified atom stereocenters. The molecule has 7 heteroatoms. The fraction of sp³-hybridized carbons (Fsp3) is 0.188. The Morgan fingerprint density at radius 3 is 2.65 bits per heavy atom. The zero-order chi connectivity index (χ0) is 16.6. The van der Waals surface area contributed by atoms with Crippen molar-refractivity contribution in [2.24, 2.45) is 7.05 Å². The number of aromatic nitrogens is 1. The van der Waals surface area contributed by atoms with Crippen molar-refractivity contribution < 1.29 is 8.42 Å². The molecule has 1 aromatic heterocycles. The van der Waals surface area contributed by atoms with Gasteiger partial charge in [0.05, 0.1) is 15.1 Å². The highest BCUT2D eigenvalue weighted by Gasteiger charge is 2.16. The van der Waals surface area contributed by atoms with Crippen molar-refractivity contribution in [2.75, 3.05) is 0 Å². The number of nitrogens with one attached hydrogen (secondary N) is 1. The summed E-state index contributed by atoms with van der Waals surface area (Å²) >= 11 is 1.04. The lowest BCUT2D eigenvalue weighted by Crippen LogP contribution is -2.23. The van der Waals surface area contributed by atoms with Gasteiger partial charge in [0.2, 0.25) is 10.0 Å². The van der Waals surface area contributed by atoms with E-state index in [0.717, 1.165) is 28.0 Å². The van der Waals surface area contributed by atoms with Crippen LogP contribution in [0.5, 0.6) is 0 Å². The Labute approximate surface area is 138 Å². The van der Waals surface area contributed by atoms with Crippen LogP contribution in [0.1, 0.15) is 11.1 Å². The van der Waals surface area contributed by atoms with Crippen molar-refractivity contribution in [3.05, 3.63) is 63.3 Å². The van der Waals surface area contributed by atoms with Crippen LogP contribution in [-0.4, -0.2) is 13.0 Å². The minimum absolute atomic E-state index is 0.109. The van der Waals surface area contributed by atoms with Crippen molar-refractivity contribution in [1.82, 2.24) is 9.29 Å². The first-order chi connectivity index (χ1) is 10.9. The molecule has 0 saturated heterocycles. The summed E-state index contributed by atoms with van der Waals surface area (Å²) in [5.74, 6) is 0. The number of thiazole rings is 1. The monoisotopic (exact) mass is 348 g/mol. The second-order valence-electron chi connectivity index (χ2n) is 5.31. The lowest BCUT2D eigenvalue weighted by Gasteiger charge is -2.09. The molecule has 1 heterocycles. The first-order valence-corrected chi connectivity index (χ1v) is 9.32. The summed E-state index contributed by atoms with van der Waals surface area (Å²) in [6.45, 7) is 2.18. The number of aryl methyl sites for hydroxylation is 2. The Kier molecular flexibility index (Phi) is 4.09. The minimum Gasteiger partial charge on any atom is -0.302 e. The third-order valence-corrected chi connectivity index (χ3v) is 6.18. The minimum atomic E-state index is -3.62. The Bertz CT molecular complexity index is 1030. The number of hydrogen-bond acceptors (Lipinski definition) is 4. The van der Waals surface area contributed by atoms with Gasteiger partial charge in [-0.25, -0.2) is 13.1 Å². The summed E-state index contributed by atoms with van der Waals surface area (Å²) in [7, 11) is -1.95. The molecule has 3 rings (SSSR count). The van der Waals surface area contributed by atoms with Crippen LogP contribution < -0.4 is 9.60 Å². The Hall–Kier alpha value is -1.96. The lowest BCUT2D eigenvalue weighted by atomic mass is 10.1. The van der Waals surface area contributed by atoms with E-state index in [9.17, 15) is 13.2 Å². The van der Waals surface area contributed by atoms with Gasteiger partial charge in [0.1, 0.15) is 0 Å². The third-order valence-electron chi connectivity index (χ3n) is 3.79. The summed E-state index contributed by atoms with van der Waals surface area (Å²) in [6.07, 6.45) is 0. The van der Waals surface area contributed by atoms with Gasteiger partial charge in [-0.05, 0) is 36.2 Å². The first-order valence-electron chi connectivity index (χ1n) is 7.02. The molecule has 0 aliphatic rings. The second kappa shape index (κ2) is 5.92. The molecule has 0 aliphatic carbocycles. The van der Waals surface area contributed by atoms with E-state index in [-0.39, 0.29) is 16.3 Å². The zero-order valence-electron chi connectivity index (χ0n) is 12.7. The van der Waals surface area contributed by atoms with E-state index in [1.165, 1.54) is 10.6 Å². The molecule has 3 aromatic rings. The van der Waals surface area contributed by atoms with Crippen LogP contribution in [-0.2, 0) is 23.6 Å². The quantitative estimate of drug-likeness (QED) is 0.787. The SMILES string of the molecule is Cc1ccccc1CNS(=O)(=O)c1ccc2c(c1)sc(=O)n2C. The van der Waals surface area contributed by atoms with Crippen molar-refractivity contribution >= 4 is 31.6 Å². The number of sulfonamides is 1. The topological polar surface area (TPSA) is 68.2 Å². The fourth-order valence-electron chi connectivity index (χ4n) is 2.35. The van der Waals surface area contributed by atoms with Gasteiger partial charge in [0.25, 0.3) is 0 Å². The van der Waals surface area contributed by atoms with Crippen molar-refractivity contribution in [1.29, 1.82) is 0 Å². The fourth-order valence-corrected chi connectivity index (χ4v) is 4.37. The lowest BCUT2D eigenvalue weighted by molar-refractivity contribution is 0.581. The summed E-state index contributed by atoms with van der Waals surface area (Å²) < 4.78 is 29.7. The van der Waals surface area contributed by atoms with E-state index >= 15 is 0 Å². The number of fused-ring (bicyclic) bond motifs is 1. The highest BCUT2D eigenvalue weighted by atomic mass is 32.2. The van der Waals surface area contributed by atoms with Gasteiger partial charge >= 0.3 is 4.87 Å². The normalized spacial score (nSPS) is 11.9. The smallest absolute Gasteiger partial charge is 0.302 e. The number of nitrogens with zero attached hydrogens (tertiary/aromatic N) is 1. The summed E-state index contributed by atoms with van der Waals surface area (Å²) in [6, 6.07) is 12.4. The van der Waals surface area contributed by atoms with Crippen LogP contribution in [0, 0.1) is 6.92 Å². The molecule has 120 valence electrons. The molecule has 0 bridgehead atoms. The van der Waals surface area contributed by atoms with Gasteiger partial charge in [-0.15, -0.1) is 0 Å². The zero-order valence-corrected chi connectivity index (χ0v) is 14.4. The van der Waals surface area contributed by atoms with E-state index in [4.69, 9.17) is 0 Å². The molecule has 5 nitrogen and oxygen atoms in total. The molecular formula is C16H16N2O3S2. The average molecular weight is 348 g/mol. The molecule has 0 saturated carbocycles. The molecular weight excluding hydrogens is 332 g/mol. The molecule has 1 N–H and O–H groups in total. The number of rotatable bonds is 4. The van der Waals surface area contributed by atoms with Gasteiger partial charge in [0.15, 0.2) is 0 Å². The summed E-state index contributed by atoms with van der Waals surface area (Å²) in [4.78, 5) is 11.7. The Morgan fingerprint density at radius 2 is 1.91 bits per heavy atom. The molecule has 0 aliphatic heterocycles. The van der Waals surface area contributed by atoms with Gasteiger partial charge in [-0.2, -0.15) is 0 Å². The Balaban J connectivity index is 1.90. The van der Waals surface area contributed by atoms with Crippen LogP contribution in [0.15, 0.2) is 52.2 Å². The van der Waals surface area contributed by atoms with Crippen LogP contribution >= 0.6 is 11.3 Å². The predicted molar refractivity (Wildman–Crippen MR) is 92.3 cm³/mol. The molecule has 0 amide bonds.